The third-order valence-electron chi connectivity index (χ3n) is 3.72. The van der Waals surface area contributed by atoms with Gasteiger partial charge in [0, 0.05) is 12.6 Å². The second kappa shape index (κ2) is 5.08. The number of ether oxygens (including phenoxy) is 1. The van der Waals surface area contributed by atoms with Gasteiger partial charge in [-0.25, -0.2) is 4.79 Å². The lowest BCUT2D eigenvalue weighted by Crippen LogP contribution is -2.42. The van der Waals surface area contributed by atoms with Gasteiger partial charge in [0.1, 0.15) is 5.60 Å². The van der Waals surface area contributed by atoms with Gasteiger partial charge in [0.25, 0.3) is 0 Å². The van der Waals surface area contributed by atoms with Crippen molar-refractivity contribution in [2.45, 2.75) is 52.2 Å². The van der Waals surface area contributed by atoms with Crippen molar-refractivity contribution in [1.82, 2.24) is 10.2 Å². The van der Waals surface area contributed by atoms with Crippen LogP contribution in [-0.2, 0) is 4.74 Å². The summed E-state index contributed by atoms with van der Waals surface area (Å²) in [5, 5.41) is 3.40. The predicted octanol–water partition coefficient (Wildman–Crippen LogP) is 2.24. The lowest BCUT2D eigenvalue weighted by Gasteiger charge is -2.30. The Morgan fingerprint density at radius 3 is 2.44 bits per heavy atom. The van der Waals surface area contributed by atoms with E-state index in [-0.39, 0.29) is 6.09 Å². The van der Waals surface area contributed by atoms with Gasteiger partial charge in [-0.2, -0.15) is 0 Å². The van der Waals surface area contributed by atoms with E-state index in [2.05, 4.69) is 12.2 Å². The summed E-state index contributed by atoms with van der Waals surface area (Å²) in [7, 11) is 0. The Hall–Kier alpha value is -0.770. The topological polar surface area (TPSA) is 41.6 Å². The molecular weight excluding hydrogens is 228 g/mol. The van der Waals surface area contributed by atoms with Gasteiger partial charge in [-0.15, -0.1) is 0 Å². The molecule has 1 aliphatic carbocycles. The normalized spacial score (nSPS) is 28.2. The average Bonchev–Trinajstić information content (AvgIpc) is 2.97. The Kier molecular flexibility index (Phi) is 3.85. The summed E-state index contributed by atoms with van der Waals surface area (Å²) in [5.41, 5.74) is -0.399. The first-order chi connectivity index (χ1) is 8.37. The first-order valence-corrected chi connectivity index (χ1v) is 7.07. The molecule has 0 unspecified atom stereocenters. The van der Waals surface area contributed by atoms with E-state index in [0.29, 0.717) is 17.9 Å². The summed E-state index contributed by atoms with van der Waals surface area (Å²) >= 11 is 0. The SMILES string of the molecule is C[C@@H]1CNC[C@H]1CN(C(=O)OC(C)(C)C)C1CC1. The van der Waals surface area contributed by atoms with E-state index in [1.165, 1.54) is 0 Å². The van der Waals surface area contributed by atoms with Crippen LogP contribution in [0.5, 0.6) is 0 Å². The van der Waals surface area contributed by atoms with Gasteiger partial charge in [0.05, 0.1) is 0 Å². The van der Waals surface area contributed by atoms with Gasteiger partial charge in [-0.3, -0.25) is 0 Å². The molecule has 2 aliphatic rings. The van der Waals surface area contributed by atoms with Crippen LogP contribution in [0.2, 0.25) is 0 Å². The van der Waals surface area contributed by atoms with E-state index in [0.717, 1.165) is 32.5 Å². The van der Waals surface area contributed by atoms with Crippen LogP contribution in [-0.4, -0.2) is 42.3 Å². The lowest BCUT2D eigenvalue weighted by molar-refractivity contribution is 0.0197. The Bertz CT molecular complexity index is 307. The van der Waals surface area contributed by atoms with Crippen molar-refractivity contribution in [3.8, 4) is 0 Å². The maximum absolute atomic E-state index is 12.2. The third-order valence-corrected chi connectivity index (χ3v) is 3.72. The van der Waals surface area contributed by atoms with Crippen molar-refractivity contribution in [1.29, 1.82) is 0 Å². The first kappa shape index (κ1) is 13.7. The van der Waals surface area contributed by atoms with E-state index in [1.807, 2.05) is 25.7 Å². The number of hydrogen-bond acceptors (Lipinski definition) is 3. The molecule has 2 rings (SSSR count). The molecule has 1 saturated heterocycles. The monoisotopic (exact) mass is 254 g/mol. The molecule has 2 atom stereocenters. The highest BCUT2D eigenvalue weighted by Crippen LogP contribution is 2.30. The van der Waals surface area contributed by atoms with Crippen LogP contribution in [0.1, 0.15) is 40.5 Å². The molecule has 1 amide bonds. The minimum Gasteiger partial charge on any atom is -0.444 e. The van der Waals surface area contributed by atoms with Crippen molar-refractivity contribution in [3.63, 3.8) is 0 Å². The van der Waals surface area contributed by atoms with Gasteiger partial charge in [-0.1, -0.05) is 6.92 Å². The Morgan fingerprint density at radius 2 is 2.00 bits per heavy atom. The van der Waals surface area contributed by atoms with Gasteiger partial charge in [0.2, 0.25) is 0 Å². The molecule has 4 nitrogen and oxygen atoms in total. The van der Waals surface area contributed by atoms with Crippen molar-refractivity contribution in [2.75, 3.05) is 19.6 Å². The van der Waals surface area contributed by atoms with Gasteiger partial charge >= 0.3 is 6.09 Å². The molecule has 1 N–H and O–H groups in total. The number of nitrogens with zero attached hydrogens (tertiary/aromatic N) is 1. The van der Waals surface area contributed by atoms with Crippen molar-refractivity contribution in [2.24, 2.45) is 11.8 Å². The quantitative estimate of drug-likeness (QED) is 0.840. The summed E-state index contributed by atoms with van der Waals surface area (Å²) in [4.78, 5) is 14.2. The van der Waals surface area contributed by atoms with Crippen molar-refractivity contribution < 1.29 is 9.53 Å². The molecule has 1 aliphatic heterocycles. The Balaban J connectivity index is 1.93. The highest BCUT2D eigenvalue weighted by Gasteiger charge is 2.38. The van der Waals surface area contributed by atoms with Crippen LogP contribution in [0.15, 0.2) is 0 Å². The van der Waals surface area contributed by atoms with E-state index < -0.39 is 5.60 Å². The standard InChI is InChI=1S/C14H26N2O2/c1-10-7-15-8-11(10)9-16(12-5-6-12)13(17)18-14(2,3)4/h10-12,15H,5-9H2,1-4H3/t10-,11+/m1/s1. The molecule has 0 spiro atoms. The van der Waals surface area contributed by atoms with Gasteiger partial charge < -0.3 is 15.0 Å². The van der Waals surface area contributed by atoms with Crippen LogP contribution in [0.4, 0.5) is 4.79 Å². The summed E-state index contributed by atoms with van der Waals surface area (Å²) < 4.78 is 5.51. The largest absolute Gasteiger partial charge is 0.444 e. The Morgan fingerprint density at radius 1 is 1.33 bits per heavy atom. The number of amides is 1. The molecule has 1 heterocycles. The predicted molar refractivity (Wildman–Crippen MR) is 71.5 cm³/mol. The third kappa shape index (κ3) is 3.61. The van der Waals surface area contributed by atoms with Crippen molar-refractivity contribution >= 4 is 6.09 Å². The molecule has 1 saturated carbocycles. The molecule has 104 valence electrons. The molecule has 0 radical (unpaired) electrons. The molecular formula is C14H26N2O2. The average molecular weight is 254 g/mol. The van der Waals surface area contributed by atoms with E-state index in [9.17, 15) is 4.79 Å². The lowest BCUT2D eigenvalue weighted by atomic mass is 9.97. The fourth-order valence-electron chi connectivity index (χ4n) is 2.44. The summed E-state index contributed by atoms with van der Waals surface area (Å²) in [5.74, 6) is 1.21. The molecule has 0 aromatic heterocycles. The zero-order chi connectivity index (χ0) is 13.3. The molecule has 18 heavy (non-hydrogen) atoms. The van der Waals surface area contributed by atoms with E-state index in [1.54, 1.807) is 0 Å². The summed E-state index contributed by atoms with van der Waals surface area (Å²) in [6.07, 6.45) is 2.13. The number of carbonyl (C=O) groups excluding carboxylic acids is 1. The van der Waals surface area contributed by atoms with Crippen molar-refractivity contribution in [3.05, 3.63) is 0 Å². The van der Waals surface area contributed by atoms with Crippen LogP contribution in [0, 0.1) is 11.8 Å². The van der Waals surface area contributed by atoms with Crippen LogP contribution in [0.25, 0.3) is 0 Å². The maximum atomic E-state index is 12.2. The van der Waals surface area contributed by atoms with Gasteiger partial charge in [0.15, 0.2) is 0 Å². The van der Waals surface area contributed by atoms with Crippen LogP contribution < -0.4 is 5.32 Å². The molecule has 0 aromatic carbocycles. The zero-order valence-corrected chi connectivity index (χ0v) is 12.0. The second-order valence-corrected chi connectivity index (χ2v) is 6.76. The molecule has 0 bridgehead atoms. The second-order valence-electron chi connectivity index (χ2n) is 6.76. The Labute approximate surface area is 110 Å². The highest BCUT2D eigenvalue weighted by molar-refractivity contribution is 5.69. The number of carbonyl (C=O) groups is 1. The first-order valence-electron chi connectivity index (χ1n) is 7.07. The molecule has 0 aromatic rings. The van der Waals surface area contributed by atoms with E-state index >= 15 is 0 Å². The van der Waals surface area contributed by atoms with E-state index in [4.69, 9.17) is 4.74 Å². The zero-order valence-electron chi connectivity index (χ0n) is 12.0. The number of nitrogens with one attached hydrogen (secondary N) is 1. The summed E-state index contributed by atoms with van der Waals surface area (Å²) in [6.45, 7) is 11.0. The van der Waals surface area contributed by atoms with Gasteiger partial charge in [-0.05, 0) is 58.5 Å². The number of hydrogen-bond donors (Lipinski definition) is 1. The smallest absolute Gasteiger partial charge is 0.410 e. The van der Waals surface area contributed by atoms with Crippen LogP contribution in [0.3, 0.4) is 0 Å². The number of rotatable bonds is 3. The summed E-state index contributed by atoms with van der Waals surface area (Å²) in [6, 6.07) is 0.424. The molecule has 2 fully saturated rings. The maximum Gasteiger partial charge on any atom is 0.410 e. The van der Waals surface area contributed by atoms with Crippen LogP contribution >= 0.6 is 0 Å². The highest BCUT2D eigenvalue weighted by atomic mass is 16.6. The fourth-order valence-corrected chi connectivity index (χ4v) is 2.44. The molecule has 4 heteroatoms. The minimum atomic E-state index is -0.399. The fraction of sp³-hybridized carbons (Fsp3) is 0.929. The minimum absolute atomic E-state index is 0.135.